The first-order chi connectivity index (χ1) is 8.16. The molecule has 2 aromatic heterocycles. The van der Waals surface area contributed by atoms with Crippen molar-refractivity contribution >= 4 is 17.3 Å². The van der Waals surface area contributed by atoms with Crippen LogP contribution in [0.15, 0.2) is 34.1 Å². The van der Waals surface area contributed by atoms with Crippen LogP contribution in [-0.2, 0) is 11.3 Å². The van der Waals surface area contributed by atoms with Gasteiger partial charge in [-0.15, -0.1) is 11.3 Å². The standard InChI is InChI=1S/C12H12O4S/c1-8(15-7-9-3-2-6-17-9)10-4-5-11(16-10)12(13)14/h2-6,8H,7H2,1H3,(H,13,14). The van der Waals surface area contributed by atoms with E-state index in [1.165, 1.54) is 6.07 Å². The third kappa shape index (κ3) is 2.95. The van der Waals surface area contributed by atoms with E-state index in [0.29, 0.717) is 12.4 Å². The van der Waals surface area contributed by atoms with Gasteiger partial charge in [0.1, 0.15) is 11.9 Å². The number of hydrogen-bond donors (Lipinski definition) is 1. The van der Waals surface area contributed by atoms with E-state index in [2.05, 4.69) is 0 Å². The second-order valence-corrected chi connectivity index (χ2v) is 4.57. The molecule has 0 fully saturated rings. The van der Waals surface area contributed by atoms with Gasteiger partial charge in [0, 0.05) is 4.88 Å². The number of thiophene rings is 1. The smallest absolute Gasteiger partial charge is 0.371 e. The molecule has 4 nitrogen and oxygen atoms in total. The fourth-order valence-electron chi connectivity index (χ4n) is 1.37. The van der Waals surface area contributed by atoms with Gasteiger partial charge < -0.3 is 14.3 Å². The van der Waals surface area contributed by atoms with Crippen molar-refractivity contribution in [2.45, 2.75) is 19.6 Å². The largest absolute Gasteiger partial charge is 0.475 e. The fraction of sp³-hybridized carbons (Fsp3) is 0.250. The van der Waals surface area contributed by atoms with E-state index < -0.39 is 5.97 Å². The third-order valence-corrected chi connectivity index (χ3v) is 3.14. The Labute approximate surface area is 102 Å². The Morgan fingerprint density at radius 2 is 2.35 bits per heavy atom. The lowest BCUT2D eigenvalue weighted by atomic mass is 10.3. The van der Waals surface area contributed by atoms with Gasteiger partial charge in [-0.1, -0.05) is 6.07 Å². The molecule has 0 amide bonds. The SMILES string of the molecule is CC(OCc1cccs1)c1ccc(C(=O)O)o1. The summed E-state index contributed by atoms with van der Waals surface area (Å²) in [6, 6.07) is 7.01. The van der Waals surface area contributed by atoms with E-state index in [9.17, 15) is 4.79 Å². The van der Waals surface area contributed by atoms with Crippen LogP contribution >= 0.6 is 11.3 Å². The van der Waals surface area contributed by atoms with Crippen molar-refractivity contribution in [3.05, 3.63) is 46.0 Å². The Balaban J connectivity index is 1.94. The molecule has 17 heavy (non-hydrogen) atoms. The van der Waals surface area contributed by atoms with Gasteiger partial charge in [0.2, 0.25) is 5.76 Å². The van der Waals surface area contributed by atoms with E-state index >= 15 is 0 Å². The van der Waals surface area contributed by atoms with Crippen LogP contribution in [-0.4, -0.2) is 11.1 Å². The van der Waals surface area contributed by atoms with Gasteiger partial charge in [0.25, 0.3) is 0 Å². The molecule has 0 saturated heterocycles. The van der Waals surface area contributed by atoms with E-state index in [1.807, 2.05) is 24.4 Å². The summed E-state index contributed by atoms with van der Waals surface area (Å²) in [5.74, 6) is -0.604. The molecule has 1 N–H and O–H groups in total. The highest BCUT2D eigenvalue weighted by molar-refractivity contribution is 7.09. The summed E-state index contributed by atoms with van der Waals surface area (Å²) in [6.07, 6.45) is -0.259. The zero-order valence-corrected chi connectivity index (χ0v) is 10.1. The first kappa shape index (κ1) is 11.9. The van der Waals surface area contributed by atoms with Gasteiger partial charge in [-0.3, -0.25) is 0 Å². The summed E-state index contributed by atoms with van der Waals surface area (Å²) in [5, 5.41) is 10.7. The molecule has 0 aliphatic heterocycles. The molecule has 0 radical (unpaired) electrons. The minimum atomic E-state index is -1.07. The molecule has 0 spiro atoms. The molecule has 1 unspecified atom stereocenters. The monoisotopic (exact) mass is 252 g/mol. The second kappa shape index (κ2) is 5.16. The molecule has 0 saturated carbocycles. The summed E-state index contributed by atoms with van der Waals surface area (Å²) in [4.78, 5) is 11.8. The van der Waals surface area contributed by atoms with Gasteiger partial charge in [0.05, 0.1) is 6.61 Å². The number of carboxylic acid groups (broad SMARTS) is 1. The zero-order valence-electron chi connectivity index (χ0n) is 9.25. The van der Waals surface area contributed by atoms with E-state index in [0.717, 1.165) is 4.88 Å². The summed E-state index contributed by atoms with van der Waals surface area (Å²) < 4.78 is 10.7. The minimum Gasteiger partial charge on any atom is -0.475 e. The normalized spacial score (nSPS) is 12.5. The Morgan fingerprint density at radius 3 is 2.94 bits per heavy atom. The number of furan rings is 1. The number of rotatable bonds is 5. The number of aromatic carboxylic acids is 1. The Bertz CT molecular complexity index is 486. The molecule has 5 heteroatoms. The number of carbonyl (C=O) groups is 1. The highest BCUT2D eigenvalue weighted by Gasteiger charge is 2.14. The van der Waals surface area contributed by atoms with Crippen molar-refractivity contribution < 1.29 is 19.1 Å². The second-order valence-electron chi connectivity index (χ2n) is 3.54. The van der Waals surface area contributed by atoms with Gasteiger partial charge in [-0.25, -0.2) is 4.79 Å². The molecule has 2 rings (SSSR count). The van der Waals surface area contributed by atoms with E-state index in [1.54, 1.807) is 17.4 Å². The van der Waals surface area contributed by atoms with Crippen molar-refractivity contribution in [2.75, 3.05) is 0 Å². The highest BCUT2D eigenvalue weighted by Crippen LogP contribution is 2.22. The van der Waals surface area contributed by atoms with Crippen LogP contribution in [0.1, 0.15) is 34.2 Å². The third-order valence-electron chi connectivity index (χ3n) is 2.29. The van der Waals surface area contributed by atoms with Crippen LogP contribution in [0, 0.1) is 0 Å². The lowest BCUT2D eigenvalue weighted by molar-refractivity contribution is 0.0375. The van der Waals surface area contributed by atoms with E-state index in [4.69, 9.17) is 14.3 Å². The van der Waals surface area contributed by atoms with Crippen LogP contribution < -0.4 is 0 Å². The van der Waals surface area contributed by atoms with Crippen molar-refractivity contribution in [1.82, 2.24) is 0 Å². The average Bonchev–Trinajstić information content (AvgIpc) is 2.96. The number of hydrogen-bond acceptors (Lipinski definition) is 4. The number of ether oxygens (including phenoxy) is 1. The zero-order chi connectivity index (χ0) is 12.3. The van der Waals surface area contributed by atoms with Crippen LogP contribution in [0.25, 0.3) is 0 Å². The molecule has 0 aliphatic rings. The summed E-state index contributed by atoms with van der Waals surface area (Å²) >= 11 is 1.62. The maximum absolute atomic E-state index is 10.6. The lowest BCUT2D eigenvalue weighted by Gasteiger charge is -2.09. The molecular weight excluding hydrogens is 240 g/mol. The highest BCUT2D eigenvalue weighted by atomic mass is 32.1. The molecular formula is C12H12O4S. The van der Waals surface area contributed by atoms with Gasteiger partial charge >= 0.3 is 5.97 Å². The lowest BCUT2D eigenvalue weighted by Crippen LogP contribution is -1.98. The maximum atomic E-state index is 10.6. The molecule has 2 heterocycles. The molecule has 0 aliphatic carbocycles. The van der Waals surface area contributed by atoms with Crippen LogP contribution in [0.3, 0.4) is 0 Å². The quantitative estimate of drug-likeness (QED) is 0.886. The van der Waals surface area contributed by atoms with Crippen molar-refractivity contribution in [3.8, 4) is 0 Å². The molecule has 90 valence electrons. The van der Waals surface area contributed by atoms with Gasteiger partial charge in [-0.2, -0.15) is 0 Å². The first-order valence-electron chi connectivity index (χ1n) is 5.14. The molecule has 1 atom stereocenters. The summed E-state index contributed by atoms with van der Waals surface area (Å²) in [6.45, 7) is 2.33. The predicted molar refractivity (Wildman–Crippen MR) is 63.2 cm³/mol. The minimum absolute atomic E-state index is 0.0634. The first-order valence-corrected chi connectivity index (χ1v) is 6.02. The van der Waals surface area contributed by atoms with Crippen molar-refractivity contribution in [3.63, 3.8) is 0 Å². The average molecular weight is 252 g/mol. The molecule has 0 aromatic carbocycles. The summed E-state index contributed by atoms with van der Waals surface area (Å²) in [5.41, 5.74) is 0. The van der Waals surface area contributed by atoms with Crippen molar-refractivity contribution in [1.29, 1.82) is 0 Å². The predicted octanol–water partition coefficient (Wildman–Crippen LogP) is 3.32. The fourth-order valence-corrected chi connectivity index (χ4v) is 2.00. The molecule has 2 aromatic rings. The maximum Gasteiger partial charge on any atom is 0.371 e. The van der Waals surface area contributed by atoms with Gasteiger partial charge in [-0.05, 0) is 30.5 Å². The van der Waals surface area contributed by atoms with Crippen molar-refractivity contribution in [2.24, 2.45) is 0 Å². The van der Waals surface area contributed by atoms with Crippen LogP contribution in [0.4, 0.5) is 0 Å². The topological polar surface area (TPSA) is 59.7 Å². The summed E-state index contributed by atoms with van der Waals surface area (Å²) in [7, 11) is 0. The Kier molecular flexibility index (Phi) is 3.61. The van der Waals surface area contributed by atoms with Crippen LogP contribution in [0.5, 0.6) is 0 Å². The molecule has 0 bridgehead atoms. The van der Waals surface area contributed by atoms with E-state index in [-0.39, 0.29) is 11.9 Å². The Morgan fingerprint density at radius 1 is 1.53 bits per heavy atom. The van der Waals surface area contributed by atoms with Gasteiger partial charge in [0.15, 0.2) is 0 Å². The Hall–Kier alpha value is -1.59. The number of carboxylic acids is 1. The van der Waals surface area contributed by atoms with Crippen LogP contribution in [0.2, 0.25) is 0 Å².